The lowest BCUT2D eigenvalue weighted by Crippen LogP contribution is -2.23. The van der Waals surface area contributed by atoms with Crippen molar-refractivity contribution in [3.05, 3.63) is 58.3 Å². The van der Waals surface area contributed by atoms with Crippen molar-refractivity contribution in [1.29, 1.82) is 0 Å². The number of pyridine rings is 1. The summed E-state index contributed by atoms with van der Waals surface area (Å²) in [5, 5.41) is -0.848. The number of nitrogens with zero attached hydrogens (tertiary/aromatic N) is 1. The van der Waals surface area contributed by atoms with Crippen LogP contribution in [0.3, 0.4) is 0 Å². The quantitative estimate of drug-likeness (QED) is 0.603. The fourth-order valence-corrected chi connectivity index (χ4v) is 2.07. The van der Waals surface area contributed by atoms with Gasteiger partial charge in [0, 0.05) is 12.3 Å². The summed E-state index contributed by atoms with van der Waals surface area (Å²) in [6.07, 6.45) is 3.23. The number of rotatable bonds is 6. The molecule has 22 heavy (non-hydrogen) atoms. The Labute approximate surface area is 132 Å². The highest BCUT2D eigenvalue weighted by Gasteiger charge is 2.12. The van der Waals surface area contributed by atoms with E-state index in [-0.39, 0.29) is 11.3 Å². The first-order valence-electron chi connectivity index (χ1n) is 6.88. The molecule has 116 valence electrons. The van der Waals surface area contributed by atoms with Crippen molar-refractivity contribution in [3.63, 3.8) is 0 Å². The van der Waals surface area contributed by atoms with Crippen LogP contribution in [0.15, 0.2) is 41.3 Å². The fourth-order valence-electron chi connectivity index (χ4n) is 1.93. The third kappa shape index (κ3) is 3.54. The van der Waals surface area contributed by atoms with Gasteiger partial charge < -0.3 is 4.74 Å². The van der Waals surface area contributed by atoms with Gasteiger partial charge in [0.1, 0.15) is 0 Å². The molecule has 0 spiro atoms. The largest absolute Gasteiger partial charge is 0.491 e. The summed E-state index contributed by atoms with van der Waals surface area (Å²) >= 11 is 5.35. The second-order valence-electron chi connectivity index (χ2n) is 4.69. The smallest absolute Gasteiger partial charge is 0.267 e. The van der Waals surface area contributed by atoms with Crippen molar-refractivity contribution in [3.8, 4) is 11.4 Å². The zero-order valence-electron chi connectivity index (χ0n) is 12.0. The zero-order valence-corrected chi connectivity index (χ0v) is 12.8. The van der Waals surface area contributed by atoms with Gasteiger partial charge in [0.05, 0.1) is 17.9 Å². The van der Waals surface area contributed by atoms with Gasteiger partial charge in [0.2, 0.25) is 0 Å². The van der Waals surface area contributed by atoms with Crippen molar-refractivity contribution in [2.24, 2.45) is 0 Å². The maximum absolute atomic E-state index is 14.0. The molecule has 2 rings (SSSR count). The lowest BCUT2D eigenvalue weighted by molar-refractivity contribution is 0.108. The van der Waals surface area contributed by atoms with Gasteiger partial charge in [0.25, 0.3) is 10.8 Å². The first-order valence-corrected chi connectivity index (χ1v) is 7.26. The Morgan fingerprint density at radius 1 is 1.36 bits per heavy atom. The minimum Gasteiger partial charge on any atom is -0.491 e. The molecule has 0 aliphatic heterocycles. The molecule has 1 aromatic heterocycles. The Balaban J connectivity index is 2.35. The number of aromatic nitrogens is 1. The van der Waals surface area contributed by atoms with Gasteiger partial charge in [-0.2, -0.15) is 0 Å². The summed E-state index contributed by atoms with van der Waals surface area (Å²) in [4.78, 5) is 23.3. The van der Waals surface area contributed by atoms with Crippen LogP contribution in [0.25, 0.3) is 5.69 Å². The molecule has 0 bridgehead atoms. The predicted molar refractivity (Wildman–Crippen MR) is 82.6 cm³/mol. The first kappa shape index (κ1) is 16.2. The van der Waals surface area contributed by atoms with E-state index in [1.165, 1.54) is 30.5 Å². The van der Waals surface area contributed by atoms with E-state index in [1.807, 2.05) is 6.92 Å². The molecule has 2 aromatic rings. The maximum Gasteiger partial charge on any atom is 0.267 e. The minimum atomic E-state index is -0.848. The highest BCUT2D eigenvalue weighted by Crippen LogP contribution is 2.20. The van der Waals surface area contributed by atoms with Crippen LogP contribution in [0.2, 0.25) is 0 Å². The van der Waals surface area contributed by atoms with Crippen LogP contribution >= 0.6 is 11.6 Å². The Morgan fingerprint density at radius 3 is 2.77 bits per heavy atom. The molecule has 0 fully saturated rings. The Bertz CT molecular complexity index is 742. The Morgan fingerprint density at radius 2 is 2.14 bits per heavy atom. The van der Waals surface area contributed by atoms with Crippen LogP contribution in [0.1, 0.15) is 30.1 Å². The summed E-state index contributed by atoms with van der Waals surface area (Å²) in [5.41, 5.74) is -0.459. The van der Waals surface area contributed by atoms with E-state index >= 15 is 0 Å². The third-order valence-corrected chi connectivity index (χ3v) is 3.31. The van der Waals surface area contributed by atoms with Crippen LogP contribution in [0.4, 0.5) is 4.39 Å². The molecule has 0 aliphatic rings. The van der Waals surface area contributed by atoms with Crippen molar-refractivity contribution < 1.29 is 13.9 Å². The van der Waals surface area contributed by atoms with Gasteiger partial charge in [-0.25, -0.2) is 4.39 Å². The Kier molecular flexibility index (Phi) is 5.33. The van der Waals surface area contributed by atoms with Crippen LogP contribution in [0.5, 0.6) is 5.75 Å². The number of carbonyl (C=O) groups is 1. The minimum absolute atomic E-state index is 0.134. The number of hydrogen-bond acceptors (Lipinski definition) is 3. The molecule has 0 N–H and O–H groups in total. The van der Waals surface area contributed by atoms with E-state index in [1.54, 1.807) is 6.07 Å². The van der Waals surface area contributed by atoms with Crippen molar-refractivity contribution in [2.45, 2.75) is 19.8 Å². The van der Waals surface area contributed by atoms with E-state index in [0.29, 0.717) is 12.3 Å². The first-order chi connectivity index (χ1) is 10.5. The van der Waals surface area contributed by atoms with Crippen molar-refractivity contribution in [2.75, 3.05) is 6.61 Å². The number of carbonyl (C=O) groups excluding carboxylic acids is 1. The summed E-state index contributed by atoms with van der Waals surface area (Å²) < 4.78 is 20.5. The number of halogens is 2. The van der Waals surface area contributed by atoms with Crippen LogP contribution < -0.4 is 10.3 Å². The summed E-state index contributed by atoms with van der Waals surface area (Å²) in [6, 6.07) is 7.02. The molecule has 1 heterocycles. The summed E-state index contributed by atoms with van der Waals surface area (Å²) in [5.74, 6) is -0.432. The molecule has 4 nitrogen and oxygen atoms in total. The molecule has 0 atom stereocenters. The molecule has 0 saturated heterocycles. The maximum atomic E-state index is 14.0. The number of hydrogen-bond donors (Lipinski definition) is 0. The second kappa shape index (κ2) is 7.22. The summed E-state index contributed by atoms with van der Waals surface area (Å²) in [7, 11) is 0. The molecular weight excluding hydrogens is 309 g/mol. The lowest BCUT2D eigenvalue weighted by Gasteiger charge is -2.10. The average molecular weight is 324 g/mol. The van der Waals surface area contributed by atoms with E-state index < -0.39 is 16.6 Å². The van der Waals surface area contributed by atoms with Gasteiger partial charge in [-0.3, -0.25) is 14.2 Å². The van der Waals surface area contributed by atoms with Crippen molar-refractivity contribution >= 4 is 16.8 Å². The fraction of sp³-hybridized carbons (Fsp3) is 0.250. The average Bonchev–Trinajstić information content (AvgIpc) is 2.49. The van der Waals surface area contributed by atoms with E-state index in [0.717, 1.165) is 17.4 Å². The molecule has 0 amide bonds. The van der Waals surface area contributed by atoms with Crippen molar-refractivity contribution in [1.82, 2.24) is 4.57 Å². The van der Waals surface area contributed by atoms with Crippen LogP contribution in [0, 0.1) is 5.82 Å². The van der Waals surface area contributed by atoms with Crippen LogP contribution in [-0.2, 0) is 0 Å². The van der Waals surface area contributed by atoms with Gasteiger partial charge in [0.15, 0.2) is 11.6 Å². The third-order valence-electron chi connectivity index (χ3n) is 3.11. The summed E-state index contributed by atoms with van der Waals surface area (Å²) in [6.45, 7) is 2.45. The van der Waals surface area contributed by atoms with E-state index in [9.17, 15) is 14.0 Å². The number of benzene rings is 1. The number of unbranched alkanes of at least 4 members (excludes halogenated alkanes) is 1. The van der Waals surface area contributed by atoms with Gasteiger partial charge in [-0.1, -0.05) is 13.3 Å². The van der Waals surface area contributed by atoms with Gasteiger partial charge >= 0.3 is 0 Å². The normalized spacial score (nSPS) is 10.5. The molecule has 1 aromatic carbocycles. The highest BCUT2D eigenvalue weighted by molar-refractivity contribution is 6.67. The second-order valence-corrected chi connectivity index (χ2v) is 5.03. The number of ether oxygens (including phenoxy) is 1. The van der Waals surface area contributed by atoms with Crippen LogP contribution in [-0.4, -0.2) is 16.4 Å². The zero-order chi connectivity index (χ0) is 16.1. The van der Waals surface area contributed by atoms with Gasteiger partial charge in [-0.05, 0) is 42.3 Å². The molecule has 0 saturated carbocycles. The molecule has 0 aliphatic carbocycles. The molecule has 0 unspecified atom stereocenters. The lowest BCUT2D eigenvalue weighted by atomic mass is 10.2. The molecule has 0 radical (unpaired) electrons. The molecular formula is C16H15ClFNO3. The topological polar surface area (TPSA) is 48.3 Å². The predicted octanol–water partition coefficient (Wildman–Crippen LogP) is 3.53. The van der Waals surface area contributed by atoms with E-state index in [4.69, 9.17) is 16.3 Å². The van der Waals surface area contributed by atoms with Gasteiger partial charge in [-0.15, -0.1) is 0 Å². The monoisotopic (exact) mass is 323 g/mol. The highest BCUT2D eigenvalue weighted by atomic mass is 35.5. The molecule has 6 heteroatoms. The SMILES string of the molecule is CCCCOc1ccc(-n2cccc(C(=O)Cl)c2=O)cc1F. The standard InChI is InChI=1S/C16H15ClFNO3/c1-2-3-9-22-14-7-6-11(10-13(14)18)19-8-4-5-12(15(17)20)16(19)21/h4-8,10H,2-3,9H2,1H3. The van der Waals surface area contributed by atoms with E-state index in [2.05, 4.69) is 0 Å². The Hall–Kier alpha value is -2.14.